The number of esters is 2. The normalized spacial score (nSPS) is 22.0. The fourth-order valence-corrected chi connectivity index (χ4v) is 9.15. The van der Waals surface area contributed by atoms with Crippen LogP contribution in [0.4, 0.5) is 11.4 Å². The van der Waals surface area contributed by atoms with E-state index in [2.05, 4.69) is 39.1 Å². The summed E-state index contributed by atoms with van der Waals surface area (Å²) in [5, 5.41) is 54.4. The third kappa shape index (κ3) is 21.6. The first kappa shape index (κ1) is 59.4. The minimum Gasteiger partial charge on any atom is -0.595 e. The molecule has 1 saturated carbocycles. The first-order valence-electron chi connectivity index (χ1n) is 20.8. The van der Waals surface area contributed by atoms with Crippen molar-refractivity contribution >= 4 is 71.5 Å². The summed E-state index contributed by atoms with van der Waals surface area (Å²) in [6.45, 7) is 0.889. The quantitative estimate of drug-likeness (QED) is 0.0198. The van der Waals surface area contributed by atoms with Gasteiger partial charge in [-0.05, 0) is 48.5 Å². The number of quaternary nitrogens is 1. The molecule has 35 heteroatoms. The smallest absolute Gasteiger partial charge is 0.472 e. The maximum Gasteiger partial charge on any atom is 0.472 e. The number of hydrogen-bond donors (Lipinski definition) is 13. The van der Waals surface area contributed by atoms with Gasteiger partial charge in [-0.2, -0.15) is 5.23 Å². The van der Waals surface area contributed by atoms with Gasteiger partial charge in [0.2, 0.25) is 11.4 Å². The van der Waals surface area contributed by atoms with E-state index in [0.717, 1.165) is 6.42 Å². The number of carbonyl (C=O) groups excluding carboxylic acids is 3. The first-order valence-corrected chi connectivity index (χ1v) is 26.9. The molecule has 0 radical (unpaired) electrons. The number of ether oxygens (including phenoxy) is 2. The summed E-state index contributed by atoms with van der Waals surface area (Å²) in [5.74, 6) is -1.80. The van der Waals surface area contributed by atoms with Crippen LogP contribution in [0.1, 0.15) is 84.0 Å². The summed E-state index contributed by atoms with van der Waals surface area (Å²) in [4.78, 5) is 104. The highest BCUT2D eigenvalue weighted by Gasteiger charge is 2.59. The van der Waals surface area contributed by atoms with Crippen molar-refractivity contribution in [2.45, 2.75) is 127 Å². The summed E-state index contributed by atoms with van der Waals surface area (Å²) >= 11 is 0. The average molecular weight is 1060 g/mol. The SMILES string of the molecule is CCCCCC(=O)O[C@H](COC(=O)CCCCCNC(=O)CCCCCNc1ccc([NH+]([O-])O)c2nonc12)COP(=O)(O)OC1[C@H](O)[C@H](OP(=O)(O)O)C(OP(=O)(O)O)[C@H](OP(=O)(O)O)[C@H]1O. The Kier molecular flexibility index (Phi) is 24.1. The average Bonchev–Trinajstić information content (AvgIpc) is 3.72. The molecule has 68 heavy (non-hydrogen) atoms. The van der Waals surface area contributed by atoms with Crippen molar-refractivity contribution in [2.75, 3.05) is 31.6 Å². The third-order valence-electron chi connectivity index (χ3n) is 9.58. The molecular formula is C33H57N5O26P4. The number of phosphoric acid groups is 4. The standard InChI is InChI=1S/C33H57N5O26P4/c1-2-3-6-13-25(41)59-20(19-58-68(55,56)63-30-28(42)31(60-65(46,47)48)33(62-67(52,53)54)32(29(30)43)61-66(49,50)51)18-57-24(40)12-8-5-10-17-35-23(39)11-7-4-9-16-34-21-14-15-22(38(44)45)27-26(21)36-64-37-27/h14-15,20,28-34,38,42-44H,2-13,16-19H2,1H3,(H,35,39)(H,55,56)(H2,46,47,48)(H2,49,50,51)(H2,52,53,54)/t20-,28+,29+,30?,31-,32+,33?/m1/s1. The Balaban J connectivity index is 1.47. The first-order chi connectivity index (χ1) is 31.7. The molecule has 1 aromatic carbocycles. The Morgan fingerprint density at radius 1 is 0.706 bits per heavy atom. The molecule has 1 aliphatic carbocycles. The van der Waals surface area contributed by atoms with Crippen LogP contribution in [0.2, 0.25) is 0 Å². The summed E-state index contributed by atoms with van der Waals surface area (Å²) in [5.41, 5.74) is 0.939. The lowest BCUT2D eigenvalue weighted by molar-refractivity contribution is -0.990. The van der Waals surface area contributed by atoms with Crippen LogP contribution in [-0.2, 0) is 64.7 Å². The number of aliphatic hydroxyl groups is 2. The van der Waals surface area contributed by atoms with Crippen molar-refractivity contribution < 1.29 is 124 Å². The maximum atomic E-state index is 13.1. The molecule has 2 aromatic rings. The molecule has 390 valence electrons. The van der Waals surface area contributed by atoms with E-state index in [-0.39, 0.29) is 36.4 Å². The number of aromatic nitrogens is 2. The minimum absolute atomic E-state index is 0.0378. The van der Waals surface area contributed by atoms with Gasteiger partial charge >= 0.3 is 43.2 Å². The molecule has 31 nitrogen and oxygen atoms in total. The van der Waals surface area contributed by atoms with Gasteiger partial charge in [0.05, 0.1) is 12.3 Å². The van der Waals surface area contributed by atoms with Crippen LogP contribution < -0.4 is 15.9 Å². The number of rotatable bonds is 32. The fourth-order valence-electron chi connectivity index (χ4n) is 6.50. The molecule has 0 saturated heterocycles. The second-order valence-corrected chi connectivity index (χ2v) is 20.1. The predicted molar refractivity (Wildman–Crippen MR) is 224 cm³/mol. The molecule has 13 N–H and O–H groups in total. The molecule has 1 aromatic heterocycles. The zero-order chi connectivity index (χ0) is 50.9. The summed E-state index contributed by atoms with van der Waals surface area (Å²) in [6.07, 6.45) is -13.2. The number of aliphatic hydroxyl groups excluding tert-OH is 2. The van der Waals surface area contributed by atoms with Gasteiger partial charge < -0.3 is 69.8 Å². The topological polar surface area (TPSA) is 477 Å². The monoisotopic (exact) mass is 1060 g/mol. The molecule has 1 heterocycles. The number of fused-ring (bicyclic) bond motifs is 1. The number of anilines is 1. The predicted octanol–water partition coefficient (Wildman–Crippen LogP) is -0.0183. The molecule has 0 spiro atoms. The molecular weight excluding hydrogens is 1010 g/mol. The van der Waals surface area contributed by atoms with E-state index in [4.69, 9.17) is 18.5 Å². The molecule has 0 aliphatic heterocycles. The van der Waals surface area contributed by atoms with Crippen molar-refractivity contribution in [3.8, 4) is 0 Å². The van der Waals surface area contributed by atoms with Crippen LogP contribution in [0.15, 0.2) is 16.8 Å². The van der Waals surface area contributed by atoms with Gasteiger partial charge in [0.15, 0.2) is 17.3 Å². The molecule has 3 rings (SSSR count). The number of benzene rings is 1. The van der Waals surface area contributed by atoms with E-state index in [0.29, 0.717) is 75.7 Å². The lowest BCUT2D eigenvalue weighted by Gasteiger charge is -2.45. The summed E-state index contributed by atoms with van der Waals surface area (Å²) < 4.78 is 85.7. The van der Waals surface area contributed by atoms with Crippen LogP contribution >= 0.6 is 31.3 Å². The van der Waals surface area contributed by atoms with Gasteiger partial charge in [-0.25, -0.2) is 28.1 Å². The summed E-state index contributed by atoms with van der Waals surface area (Å²) in [7, 11) is -23.1. The highest BCUT2D eigenvalue weighted by Crippen LogP contribution is 2.53. The molecule has 4 unspecified atom stereocenters. The van der Waals surface area contributed by atoms with Gasteiger partial charge in [-0.15, -0.1) is 0 Å². The van der Waals surface area contributed by atoms with Gasteiger partial charge in [-0.3, -0.25) is 37.0 Å². The van der Waals surface area contributed by atoms with Crippen LogP contribution in [0.25, 0.3) is 11.0 Å². The van der Waals surface area contributed by atoms with Crippen molar-refractivity contribution in [3.63, 3.8) is 0 Å². The Bertz CT molecular complexity index is 2080. The maximum absolute atomic E-state index is 13.1. The van der Waals surface area contributed by atoms with E-state index >= 15 is 0 Å². The van der Waals surface area contributed by atoms with Crippen molar-refractivity contribution in [2.24, 2.45) is 0 Å². The number of amides is 1. The number of carbonyl (C=O) groups is 3. The van der Waals surface area contributed by atoms with E-state index in [1.807, 2.05) is 6.92 Å². The zero-order valence-electron chi connectivity index (χ0n) is 36.2. The molecule has 1 amide bonds. The van der Waals surface area contributed by atoms with Crippen LogP contribution in [0.3, 0.4) is 0 Å². The highest BCUT2D eigenvalue weighted by atomic mass is 31.2. The van der Waals surface area contributed by atoms with E-state index in [1.165, 1.54) is 6.07 Å². The Morgan fingerprint density at radius 2 is 1.25 bits per heavy atom. The minimum atomic E-state index is -5.81. The van der Waals surface area contributed by atoms with Gasteiger partial charge in [-0.1, -0.05) is 32.6 Å². The second kappa shape index (κ2) is 27.6. The molecule has 9 atom stereocenters. The van der Waals surface area contributed by atoms with Gasteiger partial charge in [0.25, 0.3) is 0 Å². The van der Waals surface area contributed by atoms with Crippen LogP contribution in [-0.4, -0.2) is 147 Å². The lowest BCUT2D eigenvalue weighted by atomic mass is 9.85. The van der Waals surface area contributed by atoms with Crippen molar-refractivity contribution in [1.29, 1.82) is 0 Å². The fraction of sp³-hybridized carbons (Fsp3) is 0.727. The Morgan fingerprint density at radius 3 is 1.84 bits per heavy atom. The van der Waals surface area contributed by atoms with Crippen molar-refractivity contribution in [3.05, 3.63) is 17.3 Å². The lowest BCUT2D eigenvalue weighted by Crippen LogP contribution is -2.99. The molecule has 0 bridgehead atoms. The second-order valence-electron chi connectivity index (χ2n) is 15.1. The Labute approximate surface area is 386 Å². The number of hydrogen-bond acceptors (Lipinski definition) is 22. The zero-order valence-corrected chi connectivity index (χ0v) is 39.8. The van der Waals surface area contributed by atoms with Crippen molar-refractivity contribution in [1.82, 2.24) is 15.6 Å². The number of phosphoric ester groups is 4. The number of nitrogens with one attached hydrogen (secondary N) is 3. The third-order valence-corrected chi connectivity index (χ3v) is 12.1. The summed E-state index contributed by atoms with van der Waals surface area (Å²) in [6, 6.07) is 2.97. The van der Waals surface area contributed by atoms with Gasteiger partial charge in [0, 0.05) is 38.4 Å². The highest BCUT2D eigenvalue weighted by molar-refractivity contribution is 7.47. The van der Waals surface area contributed by atoms with Crippen LogP contribution in [0, 0.1) is 5.21 Å². The molecule has 1 aliphatic rings. The Hall–Kier alpha value is -2.93. The number of unbranched alkanes of at least 4 members (excludes halogenated alkanes) is 6. The number of nitrogens with zero attached hydrogens (tertiary/aromatic N) is 2. The largest absolute Gasteiger partial charge is 0.595 e. The van der Waals surface area contributed by atoms with E-state index < -0.39 is 104 Å². The van der Waals surface area contributed by atoms with Gasteiger partial charge in [0.1, 0.15) is 43.2 Å². The van der Waals surface area contributed by atoms with E-state index in [9.17, 15) is 87.5 Å². The molecule has 1 fully saturated rings. The van der Waals surface area contributed by atoms with E-state index in [1.54, 1.807) is 6.07 Å². The van der Waals surface area contributed by atoms with Crippen LogP contribution in [0.5, 0.6) is 0 Å².